The number of carbonyl (C=O) groups is 3. The van der Waals surface area contributed by atoms with E-state index in [9.17, 15) is 24.6 Å². The number of benzene rings is 1. The topological polar surface area (TPSA) is 150 Å². The van der Waals surface area contributed by atoms with Crippen LogP contribution in [-0.4, -0.2) is 122 Å². The number of piperidine rings is 1. The number of carbonyl (C=O) groups excluding carboxylic acids is 3. The number of ether oxygens (including phenoxy) is 6. The van der Waals surface area contributed by atoms with Crippen molar-refractivity contribution < 1.29 is 53.0 Å². The van der Waals surface area contributed by atoms with Crippen LogP contribution in [0.3, 0.4) is 0 Å². The van der Waals surface area contributed by atoms with Crippen LogP contribution in [0.1, 0.15) is 43.5 Å². The predicted octanol–water partition coefficient (Wildman–Crippen LogP) is 1.20. The van der Waals surface area contributed by atoms with E-state index in [1.165, 1.54) is 14.0 Å². The third kappa shape index (κ3) is 3.48. The van der Waals surface area contributed by atoms with Gasteiger partial charge in [-0.25, -0.2) is 4.79 Å². The monoisotopic (exact) mass is 643 g/mol. The van der Waals surface area contributed by atoms with Crippen molar-refractivity contribution in [2.24, 2.45) is 34.5 Å². The number of methoxy groups -OCH3 is 4. The molecule has 1 amide bonds. The van der Waals surface area contributed by atoms with Gasteiger partial charge in [0.2, 0.25) is 5.91 Å². The fourth-order valence-corrected chi connectivity index (χ4v) is 12.2. The van der Waals surface area contributed by atoms with E-state index in [0.29, 0.717) is 24.9 Å². The van der Waals surface area contributed by atoms with E-state index < -0.39 is 88.1 Å². The lowest BCUT2D eigenvalue weighted by molar-refractivity contribution is -0.314. The van der Waals surface area contributed by atoms with Crippen LogP contribution in [-0.2, 0) is 38.0 Å². The van der Waals surface area contributed by atoms with Crippen LogP contribution < -0.4 is 0 Å². The lowest BCUT2D eigenvalue weighted by Crippen LogP contribution is -2.81. The number of hydrogen-bond acceptors (Lipinski definition) is 11. The van der Waals surface area contributed by atoms with Gasteiger partial charge in [-0.1, -0.05) is 18.2 Å². The van der Waals surface area contributed by atoms with Gasteiger partial charge in [-0.05, 0) is 44.2 Å². The van der Waals surface area contributed by atoms with Crippen LogP contribution in [0.2, 0.25) is 0 Å². The first-order chi connectivity index (χ1) is 22.0. The van der Waals surface area contributed by atoms with E-state index in [4.69, 9.17) is 28.4 Å². The average Bonchev–Trinajstić information content (AvgIpc) is 3.43. The maximum atomic E-state index is 14.7. The fourth-order valence-electron chi connectivity index (χ4n) is 12.2. The highest BCUT2D eigenvalue weighted by Gasteiger charge is 2.92. The van der Waals surface area contributed by atoms with E-state index in [-0.39, 0.29) is 25.0 Å². The first kappa shape index (κ1) is 32.0. The van der Waals surface area contributed by atoms with Gasteiger partial charge in [0.1, 0.15) is 23.9 Å². The number of amides is 1. The Morgan fingerprint density at radius 2 is 1.74 bits per heavy atom. The number of likely N-dealkylation sites (tertiary alicyclic amines) is 1. The maximum Gasteiger partial charge on any atom is 0.338 e. The molecule has 252 valence electrons. The summed E-state index contributed by atoms with van der Waals surface area (Å²) in [6.07, 6.45) is -4.06. The molecule has 12 nitrogen and oxygen atoms in total. The molecule has 46 heavy (non-hydrogen) atoms. The van der Waals surface area contributed by atoms with Crippen LogP contribution in [0.5, 0.6) is 0 Å². The molecular weight excluding hydrogens is 598 g/mol. The fraction of sp³-hybridized carbons (Fsp3) is 0.735. The van der Waals surface area contributed by atoms with Crippen molar-refractivity contribution in [1.82, 2.24) is 4.90 Å². The van der Waals surface area contributed by atoms with Gasteiger partial charge in [0.25, 0.3) is 0 Å². The lowest BCUT2D eigenvalue weighted by Gasteiger charge is -2.69. The summed E-state index contributed by atoms with van der Waals surface area (Å²) >= 11 is 0. The van der Waals surface area contributed by atoms with Crippen molar-refractivity contribution in [1.29, 1.82) is 0 Å². The second-order valence-electron chi connectivity index (χ2n) is 14.2. The van der Waals surface area contributed by atoms with Crippen LogP contribution >= 0.6 is 0 Å². The van der Waals surface area contributed by atoms with Crippen molar-refractivity contribution in [3.8, 4) is 0 Å². The van der Waals surface area contributed by atoms with E-state index in [2.05, 4.69) is 0 Å². The molecule has 1 saturated heterocycles. The number of aliphatic hydroxyl groups is 2. The molecule has 1 aromatic carbocycles. The minimum atomic E-state index is -1.85. The van der Waals surface area contributed by atoms with Crippen LogP contribution in [0.25, 0.3) is 0 Å². The summed E-state index contributed by atoms with van der Waals surface area (Å²) in [5.74, 6) is -4.04. The van der Waals surface area contributed by atoms with Crippen molar-refractivity contribution in [2.45, 2.75) is 80.9 Å². The van der Waals surface area contributed by atoms with E-state index in [0.717, 1.165) is 0 Å². The zero-order chi connectivity index (χ0) is 33.0. The van der Waals surface area contributed by atoms with Gasteiger partial charge in [0.15, 0.2) is 5.60 Å². The molecule has 1 spiro atoms. The number of hydrogen-bond donors (Lipinski definition) is 2. The van der Waals surface area contributed by atoms with Gasteiger partial charge in [0.05, 0.1) is 29.8 Å². The van der Waals surface area contributed by atoms with E-state index in [1.54, 1.807) is 51.7 Å². The third-order valence-corrected chi connectivity index (χ3v) is 12.9. The number of esters is 2. The SMILES string of the molecule is CCN1C(=O)[C@]2(COC)CC[C@H](OC)[C@]34C1[C@H]([C@H](OC)[C@H]23)[C@]1(OC(C)=O)[C@H]2[C@@H](OC(=O)c3ccccc3)[C@](O)(C[C@H]24)[C@@H](OC)[C@@H]1O. The van der Waals surface area contributed by atoms with Gasteiger partial charge in [0, 0.05) is 71.1 Å². The van der Waals surface area contributed by atoms with Crippen molar-refractivity contribution in [3.05, 3.63) is 35.9 Å². The van der Waals surface area contributed by atoms with E-state index >= 15 is 0 Å². The Bertz CT molecular complexity index is 1410. The zero-order valence-electron chi connectivity index (χ0n) is 27.2. The number of fused-ring (bicyclic) bond motifs is 2. The van der Waals surface area contributed by atoms with Gasteiger partial charge >= 0.3 is 11.9 Å². The molecule has 0 aromatic heterocycles. The predicted molar refractivity (Wildman–Crippen MR) is 159 cm³/mol. The average molecular weight is 644 g/mol. The number of aliphatic hydroxyl groups excluding tert-OH is 1. The van der Waals surface area contributed by atoms with Crippen molar-refractivity contribution in [2.75, 3.05) is 41.6 Å². The smallest absolute Gasteiger partial charge is 0.338 e. The first-order valence-corrected chi connectivity index (χ1v) is 16.3. The Kier molecular flexibility index (Phi) is 7.43. The summed E-state index contributed by atoms with van der Waals surface area (Å²) < 4.78 is 37.2. The van der Waals surface area contributed by atoms with Gasteiger partial charge < -0.3 is 43.5 Å². The molecule has 5 aliphatic carbocycles. The van der Waals surface area contributed by atoms with Crippen LogP contribution in [0, 0.1) is 34.5 Å². The zero-order valence-corrected chi connectivity index (χ0v) is 27.2. The molecule has 12 heteroatoms. The second-order valence-corrected chi connectivity index (χ2v) is 14.2. The minimum absolute atomic E-state index is 0.0494. The molecule has 2 N–H and O–H groups in total. The Balaban J connectivity index is 1.54. The highest BCUT2D eigenvalue weighted by Crippen LogP contribution is 2.80. The first-order valence-electron chi connectivity index (χ1n) is 16.3. The number of rotatable bonds is 9. The normalized spacial score (nSPS) is 47.9. The minimum Gasteiger partial charge on any atom is -0.455 e. The molecule has 14 atom stereocenters. The van der Waals surface area contributed by atoms with Gasteiger partial charge in [-0.3, -0.25) is 9.59 Å². The van der Waals surface area contributed by atoms with Gasteiger partial charge in [-0.15, -0.1) is 0 Å². The Hall–Kier alpha value is -2.61. The molecule has 7 rings (SSSR count). The Labute approximate surface area is 268 Å². The van der Waals surface area contributed by atoms with Crippen LogP contribution in [0.4, 0.5) is 0 Å². The highest BCUT2D eigenvalue weighted by atomic mass is 16.6. The summed E-state index contributed by atoms with van der Waals surface area (Å²) in [6.45, 7) is 3.68. The molecule has 6 aliphatic rings. The highest BCUT2D eigenvalue weighted by molar-refractivity contribution is 5.89. The standard InChI is InChI=1S/C34H45NO11/c1-7-35-25-22-23(43-5)24-31(16-41-3,30(35)39)14-13-20(42-4)33(24,25)19-15-32(40)27(45-29(38)18-11-9-8-10-12-18)21(19)34(22,46-17(2)36)26(37)28(32)44-6/h8-12,19-28,37,40H,7,13-16H2,1-6H3/t19-,20+,21-,22+,23+,24-,25?,26+,27-,28+,31+,32-,33+,34-/m1/s1. The largest absolute Gasteiger partial charge is 0.455 e. The molecule has 6 fully saturated rings. The van der Waals surface area contributed by atoms with E-state index in [1.807, 2.05) is 11.8 Å². The Morgan fingerprint density at radius 1 is 1.02 bits per heavy atom. The summed E-state index contributed by atoms with van der Waals surface area (Å²) in [4.78, 5) is 43.5. The molecule has 1 unspecified atom stereocenters. The molecule has 0 radical (unpaired) electrons. The molecule has 1 aliphatic heterocycles. The van der Waals surface area contributed by atoms with Crippen molar-refractivity contribution >= 4 is 17.8 Å². The molecule has 1 aromatic rings. The quantitative estimate of drug-likeness (QED) is 0.374. The lowest BCUT2D eigenvalue weighted by atomic mass is 9.42. The second kappa shape index (κ2) is 10.7. The molecule has 7 bridgehead atoms. The summed E-state index contributed by atoms with van der Waals surface area (Å²) in [7, 11) is 6.20. The summed E-state index contributed by atoms with van der Waals surface area (Å²) in [5.41, 5.74) is -5.15. The maximum absolute atomic E-state index is 14.7. The number of nitrogens with zero attached hydrogens (tertiary/aromatic N) is 1. The van der Waals surface area contributed by atoms with Crippen molar-refractivity contribution in [3.63, 3.8) is 0 Å². The molecule has 1 heterocycles. The Morgan fingerprint density at radius 3 is 2.33 bits per heavy atom. The van der Waals surface area contributed by atoms with Gasteiger partial charge in [-0.2, -0.15) is 0 Å². The molecule has 5 saturated carbocycles. The summed E-state index contributed by atoms with van der Waals surface area (Å²) in [6, 6.07) is 7.89. The third-order valence-electron chi connectivity index (χ3n) is 12.9. The molecular formula is C34H45NO11. The van der Waals surface area contributed by atoms with Crippen LogP contribution in [0.15, 0.2) is 30.3 Å². The summed E-state index contributed by atoms with van der Waals surface area (Å²) in [5, 5.41) is 25.2.